The molecule has 3 N–H and O–H groups in total. The van der Waals surface area contributed by atoms with Gasteiger partial charge in [-0.05, 0) is 30.9 Å². The van der Waals surface area contributed by atoms with E-state index in [1.807, 2.05) is 0 Å². The number of amides is 1. The molecule has 1 aromatic carbocycles. The van der Waals surface area contributed by atoms with E-state index in [-0.39, 0.29) is 5.91 Å². The lowest BCUT2D eigenvalue weighted by molar-refractivity contribution is -0.117. The van der Waals surface area contributed by atoms with Crippen LogP contribution in [0.4, 0.5) is 11.4 Å². The van der Waals surface area contributed by atoms with Crippen LogP contribution < -0.4 is 11.1 Å². The van der Waals surface area contributed by atoms with Crippen molar-refractivity contribution in [2.24, 2.45) is 5.92 Å². The topological polar surface area (TPSA) is 55.1 Å². The lowest BCUT2D eigenvalue weighted by atomic mass is 10.0. The Bertz CT molecular complexity index is 433. The zero-order chi connectivity index (χ0) is 13.1. The van der Waals surface area contributed by atoms with E-state index in [0.717, 1.165) is 12.8 Å². The summed E-state index contributed by atoms with van der Waals surface area (Å²) in [5.74, 6) is 0.468. The average Bonchev–Trinajstić information content (AvgIpc) is 2.76. The summed E-state index contributed by atoms with van der Waals surface area (Å²) in [6.45, 7) is 0. The van der Waals surface area contributed by atoms with E-state index in [1.165, 1.54) is 12.8 Å². The Morgan fingerprint density at radius 1 is 1.33 bits per heavy atom. The smallest absolute Gasteiger partial charge is 0.224 e. The highest BCUT2D eigenvalue weighted by Crippen LogP contribution is 2.33. The summed E-state index contributed by atoms with van der Waals surface area (Å²) in [6, 6.07) is 3.16. The van der Waals surface area contributed by atoms with Crippen LogP contribution in [0.25, 0.3) is 0 Å². The quantitative estimate of drug-likeness (QED) is 0.822. The first-order valence-electron chi connectivity index (χ1n) is 6.10. The number of rotatable bonds is 3. The Labute approximate surface area is 117 Å². The van der Waals surface area contributed by atoms with Crippen molar-refractivity contribution in [1.82, 2.24) is 0 Å². The fraction of sp³-hybridized carbons (Fsp3) is 0.462. The van der Waals surface area contributed by atoms with Gasteiger partial charge in [-0.1, -0.05) is 36.0 Å². The number of anilines is 2. The summed E-state index contributed by atoms with van der Waals surface area (Å²) < 4.78 is 0. The molecule has 0 heterocycles. The second-order valence-corrected chi connectivity index (χ2v) is 5.60. The molecule has 1 amide bonds. The maximum atomic E-state index is 11.9. The van der Waals surface area contributed by atoms with Crippen molar-refractivity contribution in [1.29, 1.82) is 0 Å². The monoisotopic (exact) mass is 286 g/mol. The third-order valence-electron chi connectivity index (χ3n) is 3.30. The number of nitrogen functional groups attached to an aromatic ring is 1. The maximum absolute atomic E-state index is 11.9. The molecule has 1 saturated carbocycles. The number of nitrogens with one attached hydrogen (secondary N) is 1. The highest BCUT2D eigenvalue weighted by atomic mass is 35.5. The first kappa shape index (κ1) is 13.5. The summed E-state index contributed by atoms with van der Waals surface area (Å²) in [7, 11) is 0. The molecule has 5 heteroatoms. The van der Waals surface area contributed by atoms with Gasteiger partial charge in [0.05, 0.1) is 16.4 Å². The Balaban J connectivity index is 2.02. The minimum Gasteiger partial charge on any atom is -0.397 e. The molecule has 0 spiro atoms. The van der Waals surface area contributed by atoms with Gasteiger partial charge in [-0.3, -0.25) is 4.79 Å². The highest BCUT2D eigenvalue weighted by molar-refractivity contribution is 6.37. The second-order valence-electron chi connectivity index (χ2n) is 4.75. The van der Waals surface area contributed by atoms with Crippen molar-refractivity contribution in [2.45, 2.75) is 32.1 Å². The fourth-order valence-electron chi connectivity index (χ4n) is 2.39. The molecule has 0 unspecified atom stereocenters. The summed E-state index contributed by atoms with van der Waals surface area (Å²) in [4.78, 5) is 11.9. The molecule has 1 fully saturated rings. The largest absolute Gasteiger partial charge is 0.397 e. The average molecular weight is 287 g/mol. The van der Waals surface area contributed by atoms with Gasteiger partial charge in [0.25, 0.3) is 0 Å². The number of halogens is 2. The van der Waals surface area contributed by atoms with Gasteiger partial charge < -0.3 is 11.1 Å². The van der Waals surface area contributed by atoms with E-state index in [2.05, 4.69) is 5.32 Å². The van der Waals surface area contributed by atoms with Crippen LogP contribution in [-0.2, 0) is 4.79 Å². The molecule has 18 heavy (non-hydrogen) atoms. The van der Waals surface area contributed by atoms with Crippen LogP contribution in [0.3, 0.4) is 0 Å². The van der Waals surface area contributed by atoms with Gasteiger partial charge in [0.15, 0.2) is 0 Å². The molecule has 0 radical (unpaired) electrons. The number of hydrogen-bond acceptors (Lipinski definition) is 2. The predicted molar refractivity (Wildman–Crippen MR) is 76.1 cm³/mol. The molecule has 3 nitrogen and oxygen atoms in total. The molecular weight excluding hydrogens is 271 g/mol. The van der Waals surface area contributed by atoms with Crippen molar-refractivity contribution >= 4 is 40.5 Å². The molecule has 2 rings (SSSR count). The van der Waals surface area contributed by atoms with Gasteiger partial charge in [-0.15, -0.1) is 0 Å². The lowest BCUT2D eigenvalue weighted by Gasteiger charge is -2.13. The van der Waals surface area contributed by atoms with Crippen LogP contribution >= 0.6 is 23.2 Å². The number of nitrogens with two attached hydrogens (primary N) is 1. The van der Waals surface area contributed by atoms with Crippen LogP contribution in [0.5, 0.6) is 0 Å². The van der Waals surface area contributed by atoms with E-state index in [9.17, 15) is 4.79 Å². The molecule has 1 aliphatic rings. The van der Waals surface area contributed by atoms with E-state index >= 15 is 0 Å². The van der Waals surface area contributed by atoms with Crippen LogP contribution in [0.2, 0.25) is 10.0 Å². The molecule has 0 atom stereocenters. The normalized spacial score (nSPS) is 15.9. The Kier molecular flexibility index (Phi) is 4.36. The van der Waals surface area contributed by atoms with Crippen molar-refractivity contribution in [3.05, 3.63) is 22.2 Å². The molecule has 1 aliphatic carbocycles. The van der Waals surface area contributed by atoms with E-state index < -0.39 is 0 Å². The molecule has 0 saturated heterocycles. The van der Waals surface area contributed by atoms with Gasteiger partial charge in [-0.2, -0.15) is 0 Å². The van der Waals surface area contributed by atoms with Gasteiger partial charge in [-0.25, -0.2) is 0 Å². The zero-order valence-electron chi connectivity index (χ0n) is 10.0. The van der Waals surface area contributed by atoms with Crippen LogP contribution in [0, 0.1) is 5.92 Å². The number of benzene rings is 1. The Morgan fingerprint density at radius 3 is 2.61 bits per heavy atom. The third kappa shape index (κ3) is 3.30. The van der Waals surface area contributed by atoms with Crippen molar-refractivity contribution in [2.75, 3.05) is 11.1 Å². The summed E-state index contributed by atoms with van der Waals surface area (Å²) >= 11 is 11.8. The fourth-order valence-corrected chi connectivity index (χ4v) is 2.95. The SMILES string of the molecule is Nc1cc(Cl)cc(Cl)c1NC(=O)CC1CCCC1. The standard InChI is InChI=1S/C13H16Cl2N2O/c14-9-6-10(15)13(11(16)7-9)17-12(18)5-8-3-1-2-4-8/h6-8H,1-5,16H2,(H,17,18). The maximum Gasteiger partial charge on any atom is 0.224 e. The second kappa shape index (κ2) is 5.81. The van der Waals surface area contributed by atoms with Crippen LogP contribution in [0.1, 0.15) is 32.1 Å². The Hall–Kier alpha value is -0.930. The van der Waals surface area contributed by atoms with E-state index in [1.54, 1.807) is 12.1 Å². The molecule has 0 bridgehead atoms. The summed E-state index contributed by atoms with van der Waals surface area (Å²) in [5, 5.41) is 3.62. The lowest BCUT2D eigenvalue weighted by Crippen LogP contribution is -2.16. The minimum atomic E-state index is -0.0298. The van der Waals surface area contributed by atoms with Crippen molar-refractivity contribution in [3.8, 4) is 0 Å². The Morgan fingerprint density at radius 2 is 2.00 bits per heavy atom. The van der Waals surface area contributed by atoms with Crippen molar-refractivity contribution in [3.63, 3.8) is 0 Å². The van der Waals surface area contributed by atoms with E-state index in [0.29, 0.717) is 33.8 Å². The molecule has 0 aromatic heterocycles. The van der Waals surface area contributed by atoms with Crippen molar-refractivity contribution < 1.29 is 4.79 Å². The van der Waals surface area contributed by atoms with Gasteiger partial charge in [0, 0.05) is 11.4 Å². The number of hydrogen-bond donors (Lipinski definition) is 2. The minimum absolute atomic E-state index is 0.0298. The van der Waals surface area contributed by atoms with Crippen LogP contribution in [-0.4, -0.2) is 5.91 Å². The molecular formula is C13H16Cl2N2O. The first-order valence-corrected chi connectivity index (χ1v) is 6.86. The number of carbonyl (C=O) groups is 1. The summed E-state index contributed by atoms with van der Waals surface area (Å²) in [5.41, 5.74) is 6.65. The van der Waals surface area contributed by atoms with E-state index in [4.69, 9.17) is 28.9 Å². The number of carbonyl (C=O) groups excluding carboxylic acids is 1. The van der Waals surface area contributed by atoms with Crippen LogP contribution in [0.15, 0.2) is 12.1 Å². The summed E-state index contributed by atoms with van der Waals surface area (Å²) in [6.07, 6.45) is 5.26. The first-order chi connectivity index (χ1) is 8.56. The highest BCUT2D eigenvalue weighted by Gasteiger charge is 2.19. The van der Waals surface area contributed by atoms with Gasteiger partial charge >= 0.3 is 0 Å². The van der Waals surface area contributed by atoms with Gasteiger partial charge in [0.1, 0.15) is 0 Å². The van der Waals surface area contributed by atoms with Gasteiger partial charge in [0.2, 0.25) is 5.91 Å². The predicted octanol–water partition coefficient (Wildman–Crippen LogP) is 4.09. The zero-order valence-corrected chi connectivity index (χ0v) is 11.5. The molecule has 98 valence electrons. The molecule has 1 aromatic rings. The molecule has 0 aliphatic heterocycles. The third-order valence-corrected chi connectivity index (χ3v) is 3.82.